The van der Waals surface area contributed by atoms with Crippen LogP contribution in [0.5, 0.6) is 0 Å². The lowest BCUT2D eigenvalue weighted by molar-refractivity contribution is -0.384. The molecule has 0 saturated heterocycles. The van der Waals surface area contributed by atoms with Gasteiger partial charge >= 0.3 is 0 Å². The first-order valence-corrected chi connectivity index (χ1v) is 10.5. The summed E-state index contributed by atoms with van der Waals surface area (Å²) >= 11 is 1.24. The molecule has 1 heterocycles. The smallest absolute Gasteiger partial charge is 0.271 e. The van der Waals surface area contributed by atoms with E-state index in [2.05, 4.69) is 25.8 Å². The number of anilines is 1. The van der Waals surface area contributed by atoms with E-state index < -0.39 is 10.8 Å². The van der Waals surface area contributed by atoms with Crippen molar-refractivity contribution in [2.75, 3.05) is 5.32 Å². The third-order valence-corrected chi connectivity index (χ3v) is 5.14. The van der Waals surface area contributed by atoms with Crippen LogP contribution >= 0.6 is 11.8 Å². The lowest BCUT2D eigenvalue weighted by Crippen LogP contribution is -2.18. The summed E-state index contributed by atoms with van der Waals surface area (Å²) in [7, 11) is 0. The number of carbonyl (C=O) groups excluding carboxylic acids is 2. The van der Waals surface area contributed by atoms with Crippen LogP contribution in [0.25, 0.3) is 0 Å². The Balaban J connectivity index is 1.82. The minimum atomic E-state index is -0.509. The van der Waals surface area contributed by atoms with E-state index in [4.69, 9.17) is 0 Å². The van der Waals surface area contributed by atoms with Gasteiger partial charge in [0.05, 0.1) is 11.1 Å². The standard InChI is InChI=1S/C22H20N6O4S/c1-13-9-14(2)25-22(24-13)33-20-8-7-19(28(31)32)11-17(20)12-23-27-21(30)16-5-4-6-18(10-16)26-15(3)29/h4-12H,1-3H3,(H,26,29)(H,27,30). The van der Waals surface area contributed by atoms with Crippen molar-refractivity contribution in [1.29, 1.82) is 0 Å². The molecule has 168 valence electrons. The minimum Gasteiger partial charge on any atom is -0.326 e. The van der Waals surface area contributed by atoms with Crippen LogP contribution in [-0.2, 0) is 4.79 Å². The third-order valence-electron chi connectivity index (χ3n) is 4.18. The number of hydrazone groups is 1. The number of benzene rings is 2. The van der Waals surface area contributed by atoms with Gasteiger partial charge in [-0.2, -0.15) is 5.10 Å². The van der Waals surface area contributed by atoms with Gasteiger partial charge in [0.25, 0.3) is 11.6 Å². The first-order chi connectivity index (χ1) is 15.7. The Kier molecular flexibility index (Phi) is 7.46. The van der Waals surface area contributed by atoms with E-state index in [1.165, 1.54) is 43.1 Å². The fourth-order valence-electron chi connectivity index (χ4n) is 2.85. The maximum absolute atomic E-state index is 12.4. The van der Waals surface area contributed by atoms with Crippen molar-refractivity contribution in [2.24, 2.45) is 5.10 Å². The van der Waals surface area contributed by atoms with Crippen LogP contribution in [0, 0.1) is 24.0 Å². The van der Waals surface area contributed by atoms with Crippen LogP contribution in [0.2, 0.25) is 0 Å². The molecule has 11 heteroatoms. The third kappa shape index (κ3) is 6.68. The number of nitro groups is 1. The summed E-state index contributed by atoms with van der Waals surface area (Å²) in [6.45, 7) is 5.08. The molecule has 2 amide bonds. The predicted octanol–water partition coefficient (Wildman–Crippen LogP) is 3.88. The van der Waals surface area contributed by atoms with Gasteiger partial charge in [-0.05, 0) is 55.9 Å². The Morgan fingerprint density at radius 1 is 1.09 bits per heavy atom. The molecule has 0 fully saturated rings. The van der Waals surface area contributed by atoms with Gasteiger partial charge in [-0.3, -0.25) is 19.7 Å². The van der Waals surface area contributed by atoms with Gasteiger partial charge in [0.1, 0.15) is 0 Å². The number of amides is 2. The molecular weight excluding hydrogens is 444 g/mol. The highest BCUT2D eigenvalue weighted by molar-refractivity contribution is 7.99. The highest BCUT2D eigenvalue weighted by Gasteiger charge is 2.13. The molecule has 3 aromatic rings. The van der Waals surface area contributed by atoms with E-state index >= 15 is 0 Å². The van der Waals surface area contributed by atoms with Crippen LogP contribution in [0.1, 0.15) is 34.2 Å². The second-order valence-corrected chi connectivity index (χ2v) is 7.98. The number of nitro benzene ring substituents is 1. The summed E-state index contributed by atoms with van der Waals surface area (Å²) in [5.74, 6) is -0.759. The first kappa shape index (κ1) is 23.5. The molecule has 0 unspecified atom stereocenters. The predicted molar refractivity (Wildman–Crippen MR) is 125 cm³/mol. The fourth-order valence-corrected chi connectivity index (χ4v) is 3.79. The largest absolute Gasteiger partial charge is 0.326 e. The van der Waals surface area contributed by atoms with Crippen LogP contribution in [0.4, 0.5) is 11.4 Å². The SMILES string of the molecule is CC(=O)Nc1cccc(C(=O)NN=Cc2cc([N+](=O)[O-])ccc2Sc2nc(C)cc(C)n2)c1. The summed E-state index contributed by atoms with van der Waals surface area (Å²) in [6, 6.07) is 12.5. The van der Waals surface area contributed by atoms with Crippen LogP contribution < -0.4 is 10.7 Å². The maximum Gasteiger partial charge on any atom is 0.271 e. The Morgan fingerprint density at radius 3 is 2.48 bits per heavy atom. The zero-order valence-corrected chi connectivity index (χ0v) is 18.8. The molecular formula is C22H20N6O4S. The monoisotopic (exact) mass is 464 g/mol. The van der Waals surface area contributed by atoms with E-state index in [9.17, 15) is 19.7 Å². The normalized spacial score (nSPS) is 10.8. The molecule has 1 aromatic heterocycles. The number of aryl methyl sites for hydroxylation is 2. The quantitative estimate of drug-likeness (QED) is 0.234. The molecule has 0 aliphatic carbocycles. The van der Waals surface area contributed by atoms with E-state index in [1.807, 2.05) is 19.9 Å². The van der Waals surface area contributed by atoms with Crippen molar-refractivity contribution in [2.45, 2.75) is 30.8 Å². The number of aromatic nitrogens is 2. The Bertz CT molecular complexity index is 1240. The number of hydrogen-bond donors (Lipinski definition) is 2. The molecule has 10 nitrogen and oxygen atoms in total. The van der Waals surface area contributed by atoms with Crippen LogP contribution in [0.15, 0.2) is 63.7 Å². The summed E-state index contributed by atoms with van der Waals surface area (Å²) < 4.78 is 0. The molecule has 2 aromatic carbocycles. The second-order valence-electron chi connectivity index (χ2n) is 6.98. The summed E-state index contributed by atoms with van der Waals surface area (Å²) in [5.41, 5.74) is 5.07. The van der Waals surface area contributed by atoms with E-state index in [0.29, 0.717) is 21.3 Å². The lowest BCUT2D eigenvalue weighted by Gasteiger charge is -2.07. The molecule has 0 atom stereocenters. The molecule has 2 N–H and O–H groups in total. The Labute approximate surface area is 193 Å². The van der Waals surface area contributed by atoms with Crippen LogP contribution in [-0.4, -0.2) is 32.9 Å². The van der Waals surface area contributed by atoms with Gasteiger partial charge in [-0.25, -0.2) is 15.4 Å². The number of non-ortho nitro benzene ring substituents is 1. The van der Waals surface area contributed by atoms with Crippen molar-refractivity contribution in [3.8, 4) is 0 Å². The van der Waals surface area contributed by atoms with E-state index in [0.717, 1.165) is 11.4 Å². The van der Waals surface area contributed by atoms with Gasteiger partial charge in [-0.1, -0.05) is 6.07 Å². The topological polar surface area (TPSA) is 139 Å². The molecule has 0 spiro atoms. The molecule has 0 radical (unpaired) electrons. The molecule has 0 bridgehead atoms. The first-order valence-electron chi connectivity index (χ1n) is 9.71. The highest BCUT2D eigenvalue weighted by Crippen LogP contribution is 2.30. The number of nitrogens with zero attached hydrogens (tertiary/aromatic N) is 4. The van der Waals surface area contributed by atoms with Crippen molar-refractivity contribution in [1.82, 2.24) is 15.4 Å². The van der Waals surface area contributed by atoms with E-state index in [1.54, 1.807) is 24.3 Å². The van der Waals surface area contributed by atoms with Gasteiger partial charge in [0, 0.05) is 52.2 Å². The average Bonchev–Trinajstić information content (AvgIpc) is 2.73. The zero-order valence-electron chi connectivity index (χ0n) is 18.0. The van der Waals surface area contributed by atoms with Crippen molar-refractivity contribution >= 4 is 41.2 Å². The summed E-state index contributed by atoms with van der Waals surface area (Å²) in [4.78, 5) is 43.7. The van der Waals surface area contributed by atoms with Gasteiger partial charge in [0.2, 0.25) is 5.91 Å². The molecule has 0 aliphatic rings. The molecule has 3 rings (SSSR count). The average molecular weight is 465 g/mol. The van der Waals surface area contributed by atoms with Gasteiger partial charge in [0.15, 0.2) is 5.16 Å². The number of nitrogens with one attached hydrogen (secondary N) is 2. The fraction of sp³-hybridized carbons (Fsp3) is 0.136. The van der Waals surface area contributed by atoms with Gasteiger partial charge in [-0.15, -0.1) is 0 Å². The summed E-state index contributed by atoms with van der Waals surface area (Å²) in [6.07, 6.45) is 1.33. The Hall–Kier alpha value is -4.12. The van der Waals surface area contributed by atoms with Crippen molar-refractivity contribution in [3.63, 3.8) is 0 Å². The zero-order chi connectivity index (χ0) is 24.0. The minimum absolute atomic E-state index is 0.114. The van der Waals surface area contributed by atoms with E-state index in [-0.39, 0.29) is 17.2 Å². The second kappa shape index (κ2) is 10.5. The molecule has 0 aliphatic heterocycles. The number of carbonyl (C=O) groups is 2. The van der Waals surface area contributed by atoms with Gasteiger partial charge < -0.3 is 5.32 Å². The number of hydrogen-bond acceptors (Lipinski definition) is 8. The van der Waals surface area contributed by atoms with Crippen molar-refractivity contribution < 1.29 is 14.5 Å². The maximum atomic E-state index is 12.4. The van der Waals surface area contributed by atoms with Crippen molar-refractivity contribution in [3.05, 3.63) is 81.2 Å². The van der Waals surface area contributed by atoms with Crippen LogP contribution in [0.3, 0.4) is 0 Å². The molecule has 0 saturated carbocycles. The summed E-state index contributed by atoms with van der Waals surface area (Å²) in [5, 5.41) is 18.3. The molecule has 33 heavy (non-hydrogen) atoms. The number of rotatable bonds is 7. The lowest BCUT2D eigenvalue weighted by atomic mass is 10.2. The highest BCUT2D eigenvalue weighted by atomic mass is 32.2. The Morgan fingerprint density at radius 2 is 1.82 bits per heavy atom.